The van der Waals surface area contributed by atoms with Crippen LogP contribution in [0.1, 0.15) is 27.7 Å². The first-order valence-corrected chi connectivity index (χ1v) is 3.33. The average molecular weight is 141 g/mol. The van der Waals surface area contributed by atoms with Crippen LogP contribution in [0.15, 0.2) is 23.8 Å². The summed E-state index contributed by atoms with van der Waals surface area (Å²) in [6.45, 7) is 4.79. The van der Waals surface area contributed by atoms with Crippen LogP contribution in [0, 0.1) is 0 Å². The van der Waals surface area contributed by atoms with Gasteiger partial charge in [-0.15, -0.1) is 0 Å². The van der Waals surface area contributed by atoms with Crippen LogP contribution in [0.25, 0.3) is 0 Å². The molecule has 0 atom stereocenters. The summed E-state index contributed by atoms with van der Waals surface area (Å²) in [6.07, 6.45) is 7.20. The lowest BCUT2D eigenvalue weighted by Gasteiger charge is -1.94. The monoisotopic (exact) mass is 141 g/mol. The number of nitrogens with two attached hydrogens (primary N) is 1. The van der Waals surface area contributed by atoms with E-state index in [0.29, 0.717) is 0 Å². The highest BCUT2D eigenvalue weighted by molar-refractivity contribution is 5.17. The highest BCUT2D eigenvalue weighted by Gasteiger charge is 1.84. The Labute approximate surface area is 64.6 Å². The molecule has 10 heavy (non-hydrogen) atoms. The molecule has 0 aliphatic rings. The van der Waals surface area contributed by atoms with Gasteiger partial charge in [-0.3, -0.25) is 0 Å². The molecule has 0 spiro atoms. The number of hydrogen-bond donors (Lipinski definition) is 1. The molecule has 0 aliphatic carbocycles. The Bertz CT molecular complexity index is 112. The fourth-order valence-corrected chi connectivity index (χ4v) is 0.705. The van der Waals surface area contributed by atoms with Gasteiger partial charge < -0.3 is 5.73 Å². The van der Waals surface area contributed by atoms with Crippen LogP contribution < -0.4 is 5.73 Å². The van der Waals surface area contributed by atoms with Gasteiger partial charge in [-0.05, 0) is 26.8 Å². The van der Waals surface area contributed by atoms with Crippen molar-refractivity contribution in [3.63, 3.8) is 0 Å². The molecular formula is C9H19N. The summed E-state index contributed by atoms with van der Waals surface area (Å²) in [6, 6.07) is 0. The lowest BCUT2D eigenvalue weighted by molar-refractivity contribution is 0.970. The van der Waals surface area contributed by atoms with E-state index in [4.69, 9.17) is 5.73 Å². The molecule has 1 heteroatoms. The fourth-order valence-electron chi connectivity index (χ4n) is 0.705. The molecule has 0 heterocycles. The third-order valence-corrected chi connectivity index (χ3v) is 1.18. The Kier molecular flexibility index (Phi) is 10.3. The summed E-state index contributed by atoms with van der Waals surface area (Å²) in [5.74, 6) is 0. The predicted molar refractivity (Wildman–Crippen MR) is 49.0 cm³/mol. The SMILES string of the molecule is C.C/C=C\C(=C/C)CCN. The minimum absolute atomic E-state index is 0. The Morgan fingerprint density at radius 1 is 1.40 bits per heavy atom. The molecule has 0 fully saturated rings. The summed E-state index contributed by atoms with van der Waals surface area (Å²) >= 11 is 0. The molecule has 0 saturated heterocycles. The zero-order chi connectivity index (χ0) is 7.11. The topological polar surface area (TPSA) is 26.0 Å². The fraction of sp³-hybridized carbons (Fsp3) is 0.556. The Hall–Kier alpha value is -0.560. The van der Waals surface area contributed by atoms with Gasteiger partial charge in [0.05, 0.1) is 0 Å². The van der Waals surface area contributed by atoms with Crippen molar-refractivity contribution in [2.24, 2.45) is 5.73 Å². The van der Waals surface area contributed by atoms with Crippen LogP contribution in [0.5, 0.6) is 0 Å². The summed E-state index contributed by atoms with van der Waals surface area (Å²) in [4.78, 5) is 0. The highest BCUT2D eigenvalue weighted by Crippen LogP contribution is 2.00. The van der Waals surface area contributed by atoms with Crippen LogP contribution in [0.3, 0.4) is 0 Å². The molecule has 0 amide bonds. The second-order valence-corrected chi connectivity index (χ2v) is 1.90. The van der Waals surface area contributed by atoms with Gasteiger partial charge >= 0.3 is 0 Å². The molecule has 60 valence electrons. The van der Waals surface area contributed by atoms with Crippen molar-refractivity contribution in [2.75, 3.05) is 6.54 Å². The van der Waals surface area contributed by atoms with Crippen molar-refractivity contribution in [3.05, 3.63) is 23.8 Å². The van der Waals surface area contributed by atoms with E-state index in [0.717, 1.165) is 13.0 Å². The van der Waals surface area contributed by atoms with Gasteiger partial charge in [0.25, 0.3) is 0 Å². The van der Waals surface area contributed by atoms with Crippen molar-refractivity contribution in [2.45, 2.75) is 27.7 Å². The lowest BCUT2D eigenvalue weighted by atomic mass is 10.2. The highest BCUT2D eigenvalue weighted by atomic mass is 14.5. The lowest BCUT2D eigenvalue weighted by Crippen LogP contribution is -1.98. The summed E-state index contributed by atoms with van der Waals surface area (Å²) in [5, 5.41) is 0. The molecule has 0 aliphatic heterocycles. The van der Waals surface area contributed by atoms with Crippen LogP contribution in [-0.2, 0) is 0 Å². The van der Waals surface area contributed by atoms with E-state index in [1.54, 1.807) is 0 Å². The van der Waals surface area contributed by atoms with Gasteiger partial charge in [0, 0.05) is 0 Å². The van der Waals surface area contributed by atoms with E-state index in [-0.39, 0.29) is 7.43 Å². The molecule has 2 N–H and O–H groups in total. The molecule has 1 nitrogen and oxygen atoms in total. The summed E-state index contributed by atoms with van der Waals surface area (Å²) in [7, 11) is 0. The zero-order valence-electron chi connectivity index (χ0n) is 6.22. The van der Waals surface area contributed by atoms with E-state index in [2.05, 4.69) is 12.2 Å². The largest absolute Gasteiger partial charge is 0.330 e. The minimum atomic E-state index is 0. The normalized spacial score (nSPS) is 11.7. The molecule has 0 saturated carbocycles. The number of rotatable bonds is 3. The molecule has 0 rings (SSSR count). The minimum Gasteiger partial charge on any atom is -0.330 e. The van der Waals surface area contributed by atoms with Crippen molar-refractivity contribution < 1.29 is 0 Å². The molecular weight excluding hydrogens is 122 g/mol. The number of hydrogen-bond acceptors (Lipinski definition) is 1. The average Bonchev–Trinajstić information content (AvgIpc) is 1.88. The van der Waals surface area contributed by atoms with E-state index >= 15 is 0 Å². The van der Waals surface area contributed by atoms with Crippen molar-refractivity contribution in [1.29, 1.82) is 0 Å². The molecule has 0 radical (unpaired) electrons. The molecule has 0 aromatic heterocycles. The van der Waals surface area contributed by atoms with Gasteiger partial charge in [-0.2, -0.15) is 0 Å². The molecule has 0 bridgehead atoms. The van der Waals surface area contributed by atoms with Crippen molar-refractivity contribution in [3.8, 4) is 0 Å². The first-order valence-electron chi connectivity index (χ1n) is 3.33. The maximum absolute atomic E-state index is 5.36. The first-order chi connectivity index (χ1) is 4.35. The van der Waals surface area contributed by atoms with Gasteiger partial charge in [0.2, 0.25) is 0 Å². The third kappa shape index (κ3) is 5.57. The van der Waals surface area contributed by atoms with E-state index in [9.17, 15) is 0 Å². The Balaban J connectivity index is 0. The van der Waals surface area contributed by atoms with Crippen LogP contribution >= 0.6 is 0 Å². The van der Waals surface area contributed by atoms with Crippen LogP contribution in [0.2, 0.25) is 0 Å². The van der Waals surface area contributed by atoms with Gasteiger partial charge in [0.15, 0.2) is 0 Å². The van der Waals surface area contributed by atoms with E-state index in [1.165, 1.54) is 5.57 Å². The predicted octanol–water partition coefficient (Wildman–Crippen LogP) is 2.49. The molecule has 0 aromatic rings. The van der Waals surface area contributed by atoms with Crippen molar-refractivity contribution >= 4 is 0 Å². The standard InChI is InChI=1S/C8H15N.CH4/c1-3-5-8(4-2)6-7-9;/h3-5H,6-7,9H2,1-2H3;1H4/b5-3-,8-4+;. The van der Waals surface area contributed by atoms with Crippen molar-refractivity contribution in [1.82, 2.24) is 0 Å². The summed E-state index contributed by atoms with van der Waals surface area (Å²) < 4.78 is 0. The first kappa shape index (κ1) is 12.1. The summed E-state index contributed by atoms with van der Waals surface area (Å²) in [5.41, 5.74) is 6.68. The van der Waals surface area contributed by atoms with E-state index in [1.807, 2.05) is 19.9 Å². The molecule has 0 unspecified atom stereocenters. The van der Waals surface area contributed by atoms with Crippen LogP contribution in [0.4, 0.5) is 0 Å². The quantitative estimate of drug-likeness (QED) is 0.600. The van der Waals surface area contributed by atoms with E-state index < -0.39 is 0 Å². The maximum Gasteiger partial charge on any atom is -0.00368 e. The van der Waals surface area contributed by atoms with Crippen LogP contribution in [-0.4, -0.2) is 6.54 Å². The number of allylic oxidation sites excluding steroid dienone is 3. The maximum atomic E-state index is 5.36. The second-order valence-electron chi connectivity index (χ2n) is 1.90. The zero-order valence-corrected chi connectivity index (χ0v) is 6.22. The van der Waals surface area contributed by atoms with Gasteiger partial charge in [-0.1, -0.05) is 31.2 Å². The molecule has 0 aromatic carbocycles. The Morgan fingerprint density at radius 2 is 2.00 bits per heavy atom. The smallest absolute Gasteiger partial charge is 0.00368 e. The van der Waals surface area contributed by atoms with Gasteiger partial charge in [-0.25, -0.2) is 0 Å². The third-order valence-electron chi connectivity index (χ3n) is 1.18. The second kappa shape index (κ2) is 8.44. The Morgan fingerprint density at radius 3 is 2.30 bits per heavy atom. The van der Waals surface area contributed by atoms with Gasteiger partial charge in [0.1, 0.15) is 0 Å².